The molecule has 2 N–H and O–H groups in total. The van der Waals surface area contributed by atoms with Crippen molar-refractivity contribution in [3.8, 4) is 0 Å². The van der Waals surface area contributed by atoms with Gasteiger partial charge in [-0.2, -0.15) is 0 Å². The number of benzene rings is 1. The Bertz CT molecular complexity index is 584. The largest absolute Gasteiger partial charge is 0.399 e. The maximum atomic E-state index is 5.78. The van der Waals surface area contributed by atoms with Gasteiger partial charge in [-0.3, -0.25) is 4.90 Å². The predicted octanol–water partition coefficient (Wildman–Crippen LogP) is 3.20. The molecule has 0 unspecified atom stereocenters. The van der Waals surface area contributed by atoms with Crippen LogP contribution in [0.3, 0.4) is 0 Å². The first-order valence-corrected chi connectivity index (χ1v) is 7.91. The Balaban J connectivity index is 1.66. The van der Waals surface area contributed by atoms with Crippen LogP contribution in [0.2, 0.25) is 0 Å². The van der Waals surface area contributed by atoms with Gasteiger partial charge in [-0.05, 0) is 44.5 Å². The van der Waals surface area contributed by atoms with Gasteiger partial charge >= 0.3 is 0 Å². The van der Waals surface area contributed by atoms with E-state index >= 15 is 0 Å². The average Bonchev–Trinajstić information content (AvgIpc) is 3.06. The third-order valence-corrected chi connectivity index (χ3v) is 4.87. The maximum absolute atomic E-state index is 5.78. The van der Waals surface area contributed by atoms with Crippen molar-refractivity contribution in [3.63, 3.8) is 0 Å². The van der Waals surface area contributed by atoms with Crippen LogP contribution in [0.4, 0.5) is 5.69 Å². The SMILES string of the molecule is Cc1nc(CN(C)CC2(c3ccc(N)cc3)CC2)cs1. The Kier molecular flexibility index (Phi) is 3.52. The highest BCUT2D eigenvalue weighted by Gasteiger charge is 2.44. The minimum atomic E-state index is 0.341. The number of nitrogens with zero attached hydrogens (tertiary/aromatic N) is 2. The van der Waals surface area contributed by atoms with E-state index in [1.807, 2.05) is 12.1 Å². The highest BCUT2D eigenvalue weighted by atomic mass is 32.1. The van der Waals surface area contributed by atoms with E-state index < -0.39 is 0 Å². The lowest BCUT2D eigenvalue weighted by Crippen LogP contribution is -2.29. The minimum absolute atomic E-state index is 0.341. The molecule has 1 saturated carbocycles. The summed E-state index contributed by atoms with van der Waals surface area (Å²) in [6, 6.07) is 8.39. The highest BCUT2D eigenvalue weighted by Crippen LogP contribution is 2.48. The Labute approximate surface area is 124 Å². The number of anilines is 1. The number of aryl methyl sites for hydroxylation is 1. The van der Waals surface area contributed by atoms with Crippen molar-refractivity contribution in [2.75, 3.05) is 19.3 Å². The summed E-state index contributed by atoms with van der Waals surface area (Å²) in [6.07, 6.45) is 2.55. The maximum Gasteiger partial charge on any atom is 0.0897 e. The van der Waals surface area contributed by atoms with Gasteiger partial charge in [-0.1, -0.05) is 12.1 Å². The molecule has 2 aromatic rings. The lowest BCUT2D eigenvalue weighted by atomic mass is 9.95. The van der Waals surface area contributed by atoms with Crippen molar-refractivity contribution in [2.45, 2.75) is 31.7 Å². The number of aromatic nitrogens is 1. The van der Waals surface area contributed by atoms with Gasteiger partial charge in [0.1, 0.15) is 0 Å². The summed E-state index contributed by atoms with van der Waals surface area (Å²) in [5, 5.41) is 3.31. The number of hydrogen-bond donors (Lipinski definition) is 1. The van der Waals surface area contributed by atoms with Crippen molar-refractivity contribution in [2.24, 2.45) is 0 Å². The van der Waals surface area contributed by atoms with Gasteiger partial charge in [-0.15, -0.1) is 11.3 Å². The zero-order chi connectivity index (χ0) is 14.2. The van der Waals surface area contributed by atoms with Crippen molar-refractivity contribution >= 4 is 17.0 Å². The van der Waals surface area contributed by atoms with E-state index in [0.29, 0.717) is 5.41 Å². The molecule has 1 fully saturated rings. The second-order valence-electron chi connectivity index (χ2n) is 5.93. The topological polar surface area (TPSA) is 42.2 Å². The summed E-state index contributed by atoms with van der Waals surface area (Å²) in [4.78, 5) is 6.93. The number of nitrogen functional groups attached to an aromatic ring is 1. The van der Waals surface area contributed by atoms with E-state index in [9.17, 15) is 0 Å². The Morgan fingerprint density at radius 3 is 2.55 bits per heavy atom. The predicted molar refractivity (Wildman–Crippen MR) is 85.0 cm³/mol. The van der Waals surface area contributed by atoms with Gasteiger partial charge in [0.05, 0.1) is 10.7 Å². The zero-order valence-electron chi connectivity index (χ0n) is 12.1. The lowest BCUT2D eigenvalue weighted by molar-refractivity contribution is 0.292. The summed E-state index contributed by atoms with van der Waals surface area (Å²) in [5.74, 6) is 0. The molecular weight excluding hydrogens is 266 g/mol. The second kappa shape index (κ2) is 5.19. The molecule has 3 rings (SSSR count). The van der Waals surface area contributed by atoms with Crippen molar-refractivity contribution in [3.05, 3.63) is 45.9 Å². The molecule has 1 heterocycles. The van der Waals surface area contributed by atoms with Crippen LogP contribution in [0.25, 0.3) is 0 Å². The lowest BCUT2D eigenvalue weighted by Gasteiger charge is -2.23. The number of likely N-dealkylation sites (N-methyl/N-ethyl adjacent to an activating group) is 1. The van der Waals surface area contributed by atoms with Crippen LogP contribution in [-0.2, 0) is 12.0 Å². The molecule has 0 radical (unpaired) electrons. The van der Waals surface area contributed by atoms with E-state index in [0.717, 1.165) is 23.8 Å². The molecule has 1 aromatic carbocycles. The number of nitrogens with two attached hydrogens (primary N) is 1. The molecule has 4 heteroatoms. The fourth-order valence-electron chi connectivity index (χ4n) is 2.86. The average molecular weight is 287 g/mol. The normalized spacial score (nSPS) is 16.6. The standard InChI is InChI=1S/C16H21N3S/c1-12-18-15(10-20-12)9-19(2)11-16(7-8-16)13-3-5-14(17)6-4-13/h3-6,10H,7-9,11,17H2,1-2H3. The van der Waals surface area contributed by atoms with E-state index in [4.69, 9.17) is 5.73 Å². The van der Waals surface area contributed by atoms with Crippen LogP contribution in [0.1, 0.15) is 29.1 Å². The van der Waals surface area contributed by atoms with Gasteiger partial charge in [0.2, 0.25) is 0 Å². The smallest absolute Gasteiger partial charge is 0.0897 e. The molecule has 106 valence electrons. The van der Waals surface area contributed by atoms with E-state index in [-0.39, 0.29) is 0 Å². The van der Waals surface area contributed by atoms with Crippen LogP contribution < -0.4 is 5.73 Å². The molecule has 1 aliphatic carbocycles. The molecule has 0 amide bonds. The summed E-state index contributed by atoms with van der Waals surface area (Å²) < 4.78 is 0. The number of rotatable bonds is 5. The Morgan fingerprint density at radius 1 is 1.30 bits per heavy atom. The molecule has 20 heavy (non-hydrogen) atoms. The first-order valence-electron chi connectivity index (χ1n) is 7.03. The van der Waals surface area contributed by atoms with Crippen LogP contribution in [-0.4, -0.2) is 23.5 Å². The van der Waals surface area contributed by atoms with Crippen LogP contribution in [0, 0.1) is 6.92 Å². The molecule has 1 aliphatic rings. The second-order valence-corrected chi connectivity index (χ2v) is 6.99. The van der Waals surface area contributed by atoms with Gasteiger partial charge in [-0.25, -0.2) is 4.98 Å². The monoisotopic (exact) mass is 287 g/mol. The molecule has 0 saturated heterocycles. The summed E-state index contributed by atoms with van der Waals surface area (Å²) in [5.41, 5.74) is 9.57. The molecule has 0 atom stereocenters. The summed E-state index contributed by atoms with van der Waals surface area (Å²) in [7, 11) is 2.19. The molecule has 0 spiro atoms. The minimum Gasteiger partial charge on any atom is -0.399 e. The Morgan fingerprint density at radius 2 is 2.00 bits per heavy atom. The summed E-state index contributed by atoms with van der Waals surface area (Å²) >= 11 is 1.73. The van der Waals surface area contributed by atoms with Crippen molar-refractivity contribution in [1.29, 1.82) is 0 Å². The van der Waals surface area contributed by atoms with Gasteiger partial charge in [0.25, 0.3) is 0 Å². The number of hydrogen-bond acceptors (Lipinski definition) is 4. The first kappa shape index (κ1) is 13.6. The summed E-state index contributed by atoms with van der Waals surface area (Å²) in [6.45, 7) is 4.08. The van der Waals surface area contributed by atoms with Gasteiger partial charge < -0.3 is 5.73 Å². The van der Waals surface area contributed by atoms with Crippen molar-refractivity contribution in [1.82, 2.24) is 9.88 Å². The van der Waals surface area contributed by atoms with E-state index in [1.165, 1.54) is 24.1 Å². The third-order valence-electron chi connectivity index (χ3n) is 4.05. The highest BCUT2D eigenvalue weighted by molar-refractivity contribution is 7.09. The fourth-order valence-corrected chi connectivity index (χ4v) is 3.46. The van der Waals surface area contributed by atoms with E-state index in [1.54, 1.807) is 11.3 Å². The van der Waals surface area contributed by atoms with Crippen molar-refractivity contribution < 1.29 is 0 Å². The quantitative estimate of drug-likeness (QED) is 0.859. The third kappa shape index (κ3) is 2.86. The molecule has 1 aromatic heterocycles. The zero-order valence-corrected chi connectivity index (χ0v) is 12.9. The molecule has 3 nitrogen and oxygen atoms in total. The fraction of sp³-hybridized carbons (Fsp3) is 0.438. The molecule has 0 bridgehead atoms. The van der Waals surface area contributed by atoms with Gasteiger partial charge in [0.15, 0.2) is 0 Å². The first-order chi connectivity index (χ1) is 9.57. The Hall–Kier alpha value is -1.39. The molecule has 0 aliphatic heterocycles. The number of thiazole rings is 1. The van der Waals surface area contributed by atoms with Crippen LogP contribution in [0.15, 0.2) is 29.6 Å². The van der Waals surface area contributed by atoms with Crippen LogP contribution >= 0.6 is 11.3 Å². The van der Waals surface area contributed by atoms with Gasteiger partial charge in [0, 0.05) is 29.6 Å². The van der Waals surface area contributed by atoms with Crippen LogP contribution in [0.5, 0.6) is 0 Å². The van der Waals surface area contributed by atoms with E-state index in [2.05, 4.69) is 41.4 Å². The molecular formula is C16H21N3S.